The summed E-state index contributed by atoms with van der Waals surface area (Å²) in [4.78, 5) is 73.2. The first-order valence-corrected chi connectivity index (χ1v) is 44.4. The number of carbonyl (C=O) groups is 4. The third kappa shape index (κ3) is 78.5. The molecule has 19 heteroatoms. The minimum atomic E-state index is -5.00. The van der Waals surface area contributed by atoms with Gasteiger partial charge in [0.2, 0.25) is 0 Å². The third-order valence-electron chi connectivity index (χ3n) is 16.7. The summed E-state index contributed by atoms with van der Waals surface area (Å²) < 4.78 is 68.7. The lowest BCUT2D eigenvalue weighted by Crippen LogP contribution is -2.30. The van der Waals surface area contributed by atoms with Crippen molar-refractivity contribution in [3.05, 3.63) is 170 Å². The van der Waals surface area contributed by atoms with Crippen molar-refractivity contribution in [3.8, 4) is 0 Å². The van der Waals surface area contributed by atoms with E-state index in [2.05, 4.69) is 198 Å². The summed E-state index contributed by atoms with van der Waals surface area (Å²) in [6.07, 6.45) is 94.7. The highest BCUT2D eigenvalue weighted by molar-refractivity contribution is 7.47. The fraction of sp³-hybridized carbons (Fsp3) is 0.640. The van der Waals surface area contributed by atoms with Gasteiger partial charge in [-0.3, -0.25) is 37.3 Å². The molecule has 0 aromatic rings. The van der Waals surface area contributed by atoms with E-state index in [1.54, 1.807) is 0 Å². The minimum absolute atomic E-state index is 0.0637. The molecule has 614 valence electrons. The van der Waals surface area contributed by atoms with Gasteiger partial charge < -0.3 is 33.8 Å². The molecule has 0 fully saturated rings. The highest BCUT2D eigenvalue weighted by atomic mass is 31.2. The van der Waals surface area contributed by atoms with Gasteiger partial charge in [0.15, 0.2) is 12.2 Å². The lowest BCUT2D eigenvalue weighted by atomic mass is 10.1. The van der Waals surface area contributed by atoms with E-state index in [-0.39, 0.29) is 25.7 Å². The molecule has 0 aliphatic rings. The quantitative estimate of drug-likeness (QED) is 0.0169. The van der Waals surface area contributed by atoms with Gasteiger partial charge in [-0.1, -0.05) is 281 Å². The van der Waals surface area contributed by atoms with E-state index >= 15 is 0 Å². The fourth-order valence-electron chi connectivity index (χ4n) is 10.5. The molecule has 0 saturated heterocycles. The van der Waals surface area contributed by atoms with Crippen molar-refractivity contribution in [2.75, 3.05) is 39.6 Å². The molecule has 0 aromatic carbocycles. The van der Waals surface area contributed by atoms with Crippen LogP contribution >= 0.6 is 15.6 Å². The molecule has 0 heterocycles. The molecule has 0 aliphatic carbocycles. The van der Waals surface area contributed by atoms with Crippen LogP contribution in [0.5, 0.6) is 0 Å². The Morgan fingerprint density at radius 2 is 0.481 bits per heavy atom. The number of esters is 4. The predicted molar refractivity (Wildman–Crippen MR) is 445 cm³/mol. The fourth-order valence-corrected chi connectivity index (χ4v) is 12.0. The number of rotatable bonds is 76. The van der Waals surface area contributed by atoms with Gasteiger partial charge in [0.05, 0.1) is 26.4 Å². The van der Waals surface area contributed by atoms with Crippen LogP contribution in [0.2, 0.25) is 0 Å². The maximum atomic E-state index is 13.1. The number of phosphoric ester groups is 2. The number of allylic oxidation sites excluding steroid dienone is 28. The van der Waals surface area contributed by atoms with E-state index in [9.17, 15) is 43.2 Å². The first-order chi connectivity index (χ1) is 52.7. The summed E-state index contributed by atoms with van der Waals surface area (Å²) in [6.45, 7) is 4.42. The molecule has 5 atom stereocenters. The van der Waals surface area contributed by atoms with Gasteiger partial charge in [0, 0.05) is 25.7 Å². The molecular weight excluding hydrogens is 1400 g/mol. The summed E-state index contributed by atoms with van der Waals surface area (Å²) in [5.74, 6) is -2.29. The first-order valence-electron chi connectivity index (χ1n) is 41.4. The number of aliphatic hydroxyl groups excluding tert-OH is 1. The van der Waals surface area contributed by atoms with Crippen LogP contribution < -0.4 is 0 Å². The second kappa shape index (κ2) is 79.5. The molecule has 0 aromatic heterocycles. The average molecular weight is 1550 g/mol. The molecule has 17 nitrogen and oxygen atoms in total. The van der Waals surface area contributed by atoms with Gasteiger partial charge in [-0.25, -0.2) is 9.13 Å². The molecule has 0 saturated carbocycles. The first kappa shape index (κ1) is 102. The predicted octanol–water partition coefficient (Wildman–Crippen LogP) is 24.6. The van der Waals surface area contributed by atoms with Crippen molar-refractivity contribution in [1.82, 2.24) is 0 Å². The Morgan fingerprint density at radius 1 is 0.269 bits per heavy atom. The summed E-state index contributed by atoms with van der Waals surface area (Å²) in [6, 6.07) is 0. The maximum Gasteiger partial charge on any atom is 0.472 e. The average Bonchev–Trinajstić information content (AvgIpc) is 0.896. The van der Waals surface area contributed by atoms with E-state index in [1.807, 2.05) is 0 Å². The molecule has 0 amide bonds. The third-order valence-corrected chi connectivity index (χ3v) is 18.6. The standard InChI is InChI=1S/C89H146O17P2/c1-5-9-13-17-21-25-29-33-37-39-41-43-47-50-54-58-62-66-70-74-87(92)100-80-85(106-89(94)76-72-68-64-60-56-52-48-44-42-40-38-34-30-26-22-18-14-10-6-2)82-104-108(97,98)102-78-83(90)77-101-107(95,96)103-81-84(105-88(93)75-71-67-63-59-55-51-46-36-32-28-24-20-16-12-8-4)79-99-86(91)73-69-65-61-57-53-49-45-35-31-27-23-19-15-11-7-3/h9-11,13-15,21-23,25-27,33-38,41-46,50,53-54,57,83-85,90H,5-8,12,16-20,24,28-32,39-40,47-49,51-52,55-56,58-82H2,1-4H3,(H,95,96)(H,97,98)/b13-9-,14-10-,15-11-,25-21-,26-22-,27-23-,37-33-,38-34-,43-41-,44-42-,45-35-,46-36-,54-50-,57-53-. The van der Waals surface area contributed by atoms with Gasteiger partial charge in [0.1, 0.15) is 19.3 Å². The number of unbranched alkanes of at least 4 members (excludes halogenated alkanes) is 22. The smallest absolute Gasteiger partial charge is 0.462 e. The topological polar surface area (TPSA) is 237 Å². The van der Waals surface area contributed by atoms with Crippen molar-refractivity contribution >= 4 is 39.5 Å². The second-order valence-electron chi connectivity index (χ2n) is 26.9. The molecule has 0 radical (unpaired) electrons. The van der Waals surface area contributed by atoms with Crippen molar-refractivity contribution < 1.29 is 80.2 Å². The van der Waals surface area contributed by atoms with Crippen LogP contribution in [-0.4, -0.2) is 96.7 Å². The Morgan fingerprint density at radius 3 is 0.778 bits per heavy atom. The van der Waals surface area contributed by atoms with Gasteiger partial charge in [-0.2, -0.15) is 0 Å². The molecule has 5 unspecified atom stereocenters. The van der Waals surface area contributed by atoms with E-state index in [4.69, 9.17) is 37.0 Å². The van der Waals surface area contributed by atoms with Crippen molar-refractivity contribution in [1.29, 1.82) is 0 Å². The lowest BCUT2D eigenvalue weighted by Gasteiger charge is -2.21. The largest absolute Gasteiger partial charge is 0.472 e. The van der Waals surface area contributed by atoms with Crippen LogP contribution in [0.15, 0.2) is 170 Å². The van der Waals surface area contributed by atoms with E-state index in [0.29, 0.717) is 25.7 Å². The van der Waals surface area contributed by atoms with Crippen LogP contribution in [0, 0.1) is 0 Å². The Hall–Kier alpha value is -5.58. The summed E-state index contributed by atoms with van der Waals surface area (Å²) in [5, 5.41) is 10.7. The van der Waals surface area contributed by atoms with Crippen molar-refractivity contribution in [3.63, 3.8) is 0 Å². The zero-order valence-corrected chi connectivity index (χ0v) is 69.0. The summed E-state index contributed by atoms with van der Waals surface area (Å²) in [5.41, 5.74) is 0. The molecule has 108 heavy (non-hydrogen) atoms. The van der Waals surface area contributed by atoms with E-state index < -0.39 is 97.5 Å². The second-order valence-corrected chi connectivity index (χ2v) is 29.8. The Kier molecular flexibility index (Phi) is 75.4. The molecule has 0 spiro atoms. The molecule has 3 N–H and O–H groups in total. The molecule has 0 aliphatic heterocycles. The van der Waals surface area contributed by atoms with Crippen LogP contribution in [-0.2, 0) is 65.4 Å². The summed E-state index contributed by atoms with van der Waals surface area (Å²) >= 11 is 0. The number of hydrogen-bond donors (Lipinski definition) is 3. The highest BCUT2D eigenvalue weighted by Gasteiger charge is 2.30. The van der Waals surface area contributed by atoms with Crippen molar-refractivity contribution in [2.45, 2.75) is 329 Å². The Labute approximate surface area is 654 Å². The Balaban J connectivity index is 5.47. The van der Waals surface area contributed by atoms with Crippen molar-refractivity contribution in [2.24, 2.45) is 0 Å². The summed E-state index contributed by atoms with van der Waals surface area (Å²) in [7, 11) is -10.0. The van der Waals surface area contributed by atoms with Crippen LogP contribution in [0.25, 0.3) is 0 Å². The lowest BCUT2D eigenvalue weighted by molar-refractivity contribution is -0.161. The maximum absolute atomic E-state index is 13.1. The monoisotopic (exact) mass is 1550 g/mol. The number of phosphoric acid groups is 2. The van der Waals surface area contributed by atoms with Gasteiger partial charge in [-0.05, 0) is 173 Å². The van der Waals surface area contributed by atoms with E-state index in [0.717, 1.165) is 193 Å². The number of hydrogen-bond acceptors (Lipinski definition) is 15. The highest BCUT2D eigenvalue weighted by Crippen LogP contribution is 2.45. The van der Waals surface area contributed by atoms with Gasteiger partial charge >= 0.3 is 39.5 Å². The number of carbonyl (C=O) groups excluding carboxylic acids is 4. The SMILES string of the molecule is CC/C=C\C/C=C\C/C=C\C/C=C\C/C=C\CCCCCC(=O)OCC(COP(=O)(O)OCC(O)COP(=O)(O)OCC(COC(=O)CCCC/C=C\C/C=C\C/C=C\C/C=C\CC)OC(=O)CCCCCCC/C=C\CCCCCCCC)OC(=O)CCCCCCCC/C=C\C/C=C\C/C=C\C/C=C\CC. The van der Waals surface area contributed by atoms with Crippen LogP contribution in [0.3, 0.4) is 0 Å². The molecular formula is C89H146O17P2. The van der Waals surface area contributed by atoms with E-state index in [1.165, 1.54) is 38.5 Å². The zero-order chi connectivity index (χ0) is 78.9. The van der Waals surface area contributed by atoms with Crippen LogP contribution in [0.1, 0.15) is 310 Å². The van der Waals surface area contributed by atoms with Gasteiger partial charge in [-0.15, -0.1) is 0 Å². The molecule has 0 bridgehead atoms. The number of ether oxygens (including phenoxy) is 4. The normalized spacial score (nSPS) is 14.7. The minimum Gasteiger partial charge on any atom is -0.462 e. The zero-order valence-electron chi connectivity index (χ0n) is 67.2. The Bertz CT molecular complexity index is 2710. The van der Waals surface area contributed by atoms with Gasteiger partial charge in [0.25, 0.3) is 0 Å². The van der Waals surface area contributed by atoms with Crippen LogP contribution in [0.4, 0.5) is 0 Å². The number of aliphatic hydroxyl groups is 1. The molecule has 0 rings (SSSR count).